The Bertz CT molecular complexity index is 573. The molecule has 0 aromatic heterocycles. The van der Waals surface area contributed by atoms with Gasteiger partial charge in [0.2, 0.25) is 0 Å². The summed E-state index contributed by atoms with van der Waals surface area (Å²) in [7, 11) is 1.38. The molecule has 3 nitrogen and oxygen atoms in total. The molecule has 0 aliphatic carbocycles. The van der Waals surface area contributed by atoms with Crippen LogP contribution >= 0.6 is 0 Å². The summed E-state index contributed by atoms with van der Waals surface area (Å²) in [4.78, 5) is 0. The highest BCUT2D eigenvalue weighted by Gasteiger charge is 2.07. The molecule has 0 amide bonds. The van der Waals surface area contributed by atoms with Crippen LogP contribution in [0.2, 0.25) is 0 Å². The van der Waals surface area contributed by atoms with Crippen LogP contribution in [0.15, 0.2) is 36.4 Å². The number of para-hydroxylation sites is 1. The fraction of sp³-hybridized carbons (Fsp3) is 0.0769. The van der Waals surface area contributed by atoms with E-state index < -0.39 is 11.6 Å². The fourth-order valence-electron chi connectivity index (χ4n) is 1.55. The average molecular weight is 250 g/mol. The number of anilines is 3. The lowest BCUT2D eigenvalue weighted by Gasteiger charge is -2.10. The van der Waals surface area contributed by atoms with Crippen molar-refractivity contribution < 1.29 is 13.5 Å². The molecule has 3 N–H and O–H groups in total. The molecule has 0 saturated carbocycles. The lowest BCUT2D eigenvalue weighted by atomic mass is 10.2. The van der Waals surface area contributed by atoms with Crippen LogP contribution in [0.25, 0.3) is 0 Å². The SMILES string of the molecule is COc1ccc(Nc2cccc(F)c2N)cc1F. The lowest BCUT2D eigenvalue weighted by Crippen LogP contribution is -1.99. The molecule has 94 valence electrons. The maximum absolute atomic E-state index is 13.5. The predicted octanol–water partition coefficient (Wildman–Crippen LogP) is 3.30. The number of nitrogen functional groups attached to an aromatic ring is 1. The summed E-state index contributed by atoms with van der Waals surface area (Å²) in [5, 5.41) is 2.84. The van der Waals surface area contributed by atoms with Crippen LogP contribution in [0.3, 0.4) is 0 Å². The summed E-state index contributed by atoms with van der Waals surface area (Å²) in [5.74, 6) is -0.876. The van der Waals surface area contributed by atoms with Crippen molar-refractivity contribution in [2.75, 3.05) is 18.2 Å². The molecular weight excluding hydrogens is 238 g/mol. The highest BCUT2D eigenvalue weighted by Crippen LogP contribution is 2.27. The summed E-state index contributed by atoms with van der Waals surface area (Å²) in [6.07, 6.45) is 0. The number of nitrogens with two attached hydrogens (primary N) is 1. The quantitative estimate of drug-likeness (QED) is 0.822. The van der Waals surface area contributed by atoms with Crippen molar-refractivity contribution in [3.63, 3.8) is 0 Å². The van der Waals surface area contributed by atoms with Gasteiger partial charge in [0.25, 0.3) is 0 Å². The molecule has 2 aromatic carbocycles. The summed E-state index contributed by atoms with van der Waals surface area (Å²) in [6.45, 7) is 0. The molecule has 0 radical (unpaired) electrons. The Hall–Kier alpha value is -2.30. The molecule has 2 rings (SSSR count). The second-order valence-electron chi connectivity index (χ2n) is 3.68. The normalized spacial score (nSPS) is 10.2. The molecule has 0 unspecified atom stereocenters. The third-order valence-corrected chi connectivity index (χ3v) is 2.48. The Labute approximate surface area is 103 Å². The van der Waals surface area contributed by atoms with Crippen molar-refractivity contribution in [2.45, 2.75) is 0 Å². The second kappa shape index (κ2) is 4.91. The van der Waals surface area contributed by atoms with Gasteiger partial charge in [0.1, 0.15) is 5.82 Å². The van der Waals surface area contributed by atoms with Crippen molar-refractivity contribution in [1.29, 1.82) is 0 Å². The van der Waals surface area contributed by atoms with Gasteiger partial charge >= 0.3 is 0 Å². The van der Waals surface area contributed by atoms with Crippen molar-refractivity contribution in [3.8, 4) is 5.75 Å². The second-order valence-corrected chi connectivity index (χ2v) is 3.68. The summed E-state index contributed by atoms with van der Waals surface area (Å²) < 4.78 is 31.5. The standard InChI is InChI=1S/C13H12F2N2O/c1-18-12-6-5-8(7-10(12)15)17-11-4-2-3-9(14)13(11)16/h2-7,17H,16H2,1H3. The van der Waals surface area contributed by atoms with E-state index in [2.05, 4.69) is 5.32 Å². The van der Waals surface area contributed by atoms with E-state index in [4.69, 9.17) is 10.5 Å². The van der Waals surface area contributed by atoms with Gasteiger partial charge in [-0.25, -0.2) is 8.78 Å². The van der Waals surface area contributed by atoms with E-state index in [1.807, 2.05) is 0 Å². The number of hydrogen-bond acceptors (Lipinski definition) is 3. The summed E-state index contributed by atoms with van der Waals surface area (Å²) in [6, 6.07) is 8.74. The maximum Gasteiger partial charge on any atom is 0.167 e. The minimum Gasteiger partial charge on any atom is -0.494 e. The highest BCUT2D eigenvalue weighted by atomic mass is 19.1. The molecule has 0 spiro atoms. The first kappa shape index (κ1) is 12.2. The van der Waals surface area contributed by atoms with Crippen LogP contribution in [0.5, 0.6) is 5.75 Å². The van der Waals surface area contributed by atoms with Crippen molar-refractivity contribution in [3.05, 3.63) is 48.0 Å². The third kappa shape index (κ3) is 2.34. The van der Waals surface area contributed by atoms with E-state index in [1.54, 1.807) is 12.1 Å². The monoisotopic (exact) mass is 250 g/mol. The zero-order valence-electron chi connectivity index (χ0n) is 9.71. The Morgan fingerprint density at radius 3 is 2.56 bits per heavy atom. The molecule has 18 heavy (non-hydrogen) atoms. The highest BCUT2D eigenvalue weighted by molar-refractivity contribution is 5.73. The van der Waals surface area contributed by atoms with E-state index in [9.17, 15) is 8.78 Å². The first-order valence-corrected chi connectivity index (χ1v) is 5.26. The zero-order chi connectivity index (χ0) is 13.1. The molecule has 0 aliphatic rings. The van der Waals surface area contributed by atoms with Crippen LogP contribution in [0, 0.1) is 11.6 Å². The predicted molar refractivity (Wildman–Crippen MR) is 67.0 cm³/mol. The van der Waals surface area contributed by atoms with Crippen LogP contribution in [-0.2, 0) is 0 Å². The van der Waals surface area contributed by atoms with E-state index in [0.717, 1.165) is 0 Å². The Kier molecular flexibility index (Phi) is 3.32. The van der Waals surface area contributed by atoms with Crippen LogP contribution in [-0.4, -0.2) is 7.11 Å². The minimum atomic E-state index is -0.519. The number of halogens is 2. The van der Waals surface area contributed by atoms with Crippen molar-refractivity contribution in [2.24, 2.45) is 0 Å². The average Bonchev–Trinajstić information content (AvgIpc) is 2.35. The fourth-order valence-corrected chi connectivity index (χ4v) is 1.55. The largest absolute Gasteiger partial charge is 0.494 e. The Balaban J connectivity index is 2.29. The third-order valence-electron chi connectivity index (χ3n) is 2.48. The molecule has 0 saturated heterocycles. The maximum atomic E-state index is 13.5. The Morgan fingerprint density at radius 2 is 1.89 bits per heavy atom. The first-order valence-electron chi connectivity index (χ1n) is 5.26. The van der Waals surface area contributed by atoms with Gasteiger partial charge in [0.15, 0.2) is 11.6 Å². The zero-order valence-corrected chi connectivity index (χ0v) is 9.71. The van der Waals surface area contributed by atoms with Gasteiger partial charge in [-0.1, -0.05) is 6.07 Å². The van der Waals surface area contributed by atoms with Gasteiger partial charge in [-0.2, -0.15) is 0 Å². The van der Waals surface area contributed by atoms with Gasteiger partial charge in [0, 0.05) is 11.8 Å². The van der Waals surface area contributed by atoms with Gasteiger partial charge in [0.05, 0.1) is 18.5 Å². The first-order chi connectivity index (χ1) is 8.61. The van der Waals surface area contributed by atoms with Crippen LogP contribution < -0.4 is 15.8 Å². The molecule has 0 bridgehead atoms. The molecular formula is C13H12F2N2O. The van der Waals surface area contributed by atoms with E-state index in [-0.39, 0.29) is 11.4 Å². The topological polar surface area (TPSA) is 47.3 Å². The van der Waals surface area contributed by atoms with E-state index >= 15 is 0 Å². The lowest BCUT2D eigenvalue weighted by molar-refractivity contribution is 0.386. The number of nitrogens with one attached hydrogen (secondary N) is 1. The number of methoxy groups -OCH3 is 1. The number of hydrogen-bond donors (Lipinski definition) is 2. The smallest absolute Gasteiger partial charge is 0.167 e. The Morgan fingerprint density at radius 1 is 1.11 bits per heavy atom. The van der Waals surface area contributed by atoms with Crippen LogP contribution in [0.4, 0.5) is 25.8 Å². The van der Waals surface area contributed by atoms with Crippen molar-refractivity contribution >= 4 is 17.1 Å². The number of ether oxygens (including phenoxy) is 1. The number of rotatable bonds is 3. The number of benzene rings is 2. The molecule has 0 atom stereocenters. The van der Waals surface area contributed by atoms with Gasteiger partial charge < -0.3 is 15.8 Å². The van der Waals surface area contributed by atoms with E-state index in [1.165, 1.54) is 31.4 Å². The minimum absolute atomic E-state index is 0.00581. The van der Waals surface area contributed by atoms with Crippen molar-refractivity contribution in [1.82, 2.24) is 0 Å². The van der Waals surface area contributed by atoms with Gasteiger partial charge in [-0.05, 0) is 24.3 Å². The van der Waals surface area contributed by atoms with Gasteiger partial charge in [-0.3, -0.25) is 0 Å². The van der Waals surface area contributed by atoms with Gasteiger partial charge in [-0.15, -0.1) is 0 Å². The summed E-state index contributed by atoms with van der Waals surface area (Å²) in [5.41, 5.74) is 6.41. The molecule has 5 heteroatoms. The van der Waals surface area contributed by atoms with Crippen LogP contribution in [0.1, 0.15) is 0 Å². The molecule has 0 heterocycles. The molecule has 2 aromatic rings. The summed E-state index contributed by atoms with van der Waals surface area (Å²) >= 11 is 0. The van der Waals surface area contributed by atoms with E-state index in [0.29, 0.717) is 11.4 Å². The molecule has 0 fully saturated rings. The molecule has 0 aliphatic heterocycles.